The molecule has 0 unspecified atom stereocenters. The van der Waals surface area contributed by atoms with Gasteiger partial charge in [-0.05, 0) is 12.8 Å². The van der Waals surface area contributed by atoms with Gasteiger partial charge in [-0.3, -0.25) is 4.79 Å². The van der Waals surface area contributed by atoms with Gasteiger partial charge in [-0.25, -0.2) is 8.42 Å². The maximum absolute atomic E-state index is 10.6. The fourth-order valence-electron chi connectivity index (χ4n) is 0.827. The van der Waals surface area contributed by atoms with Crippen LogP contribution in [0, 0.1) is 0 Å². The second-order valence-corrected chi connectivity index (χ2v) is 4.17. The molecule has 0 atom stereocenters. The van der Waals surface area contributed by atoms with Crippen molar-refractivity contribution in [2.45, 2.75) is 25.7 Å². The average Bonchev–Trinajstić information content (AvgIpc) is 2.01. The third-order valence-corrected chi connectivity index (χ3v) is 2.29. The molecule has 0 aliphatic heterocycles. The van der Waals surface area contributed by atoms with Crippen LogP contribution in [0.1, 0.15) is 25.7 Å². The van der Waals surface area contributed by atoms with Crippen LogP contribution in [0.4, 0.5) is 0 Å². The van der Waals surface area contributed by atoms with Gasteiger partial charge in [-0.2, -0.15) is 0 Å². The number of esters is 1. The Morgan fingerprint density at radius 3 is 2.29 bits per heavy atom. The number of unbranched alkanes of at least 4 members (excludes halogenated alkanes) is 2. The van der Waals surface area contributed by atoms with Crippen LogP contribution in [0.2, 0.25) is 0 Å². The quantitative estimate of drug-likeness (QED) is 0.215. The maximum atomic E-state index is 10.6. The van der Waals surface area contributed by atoms with Gasteiger partial charge in [0.05, 0.1) is 17.2 Å². The molecule has 0 rings (SSSR count). The summed E-state index contributed by atoms with van der Waals surface area (Å²) in [6, 6.07) is 0. The van der Waals surface area contributed by atoms with E-state index in [4.69, 9.17) is 0 Å². The van der Waals surface area contributed by atoms with Gasteiger partial charge in [-0.1, -0.05) is 6.42 Å². The average molecular weight is 232 g/mol. The predicted molar refractivity (Wildman–Crippen MR) is 45.0 cm³/mol. The van der Waals surface area contributed by atoms with Crippen molar-refractivity contribution < 1.29 is 52.1 Å². The summed E-state index contributed by atoms with van der Waals surface area (Å²) in [5.74, 6) is -0.668. The van der Waals surface area contributed by atoms with Crippen LogP contribution in [0.15, 0.2) is 0 Å². The summed E-state index contributed by atoms with van der Waals surface area (Å²) in [6.07, 6.45) is 1.69. The minimum atomic E-state index is -4.10. The third kappa shape index (κ3) is 12.4. The number of hydrogen-bond donors (Lipinski definition) is 0. The molecule has 7 heteroatoms. The van der Waals surface area contributed by atoms with E-state index in [-0.39, 0.29) is 47.7 Å². The smallest absolute Gasteiger partial charge is 0.748 e. The molecule has 0 aliphatic carbocycles. The Hall–Kier alpha value is 0.380. The van der Waals surface area contributed by atoms with Crippen LogP contribution >= 0.6 is 0 Å². The second-order valence-electron chi connectivity index (χ2n) is 2.65. The van der Waals surface area contributed by atoms with Crippen LogP contribution in [0.25, 0.3) is 0 Å². The third-order valence-electron chi connectivity index (χ3n) is 1.50. The number of rotatable bonds is 6. The standard InChI is InChI=1S/C7H14O5S.Na/c1-12-7(8)5-3-2-4-6-13(9,10)11;/h2-6H2,1H3,(H,9,10,11);/q;+1/p-1. The van der Waals surface area contributed by atoms with Crippen LogP contribution < -0.4 is 29.6 Å². The molecule has 0 amide bonds. The zero-order chi connectivity index (χ0) is 10.3. The number of ether oxygens (including phenoxy) is 1. The van der Waals surface area contributed by atoms with Crippen molar-refractivity contribution >= 4 is 16.1 Å². The van der Waals surface area contributed by atoms with Gasteiger partial charge >= 0.3 is 35.5 Å². The summed E-state index contributed by atoms with van der Waals surface area (Å²) in [5, 5.41) is 0. The van der Waals surface area contributed by atoms with Crippen LogP contribution in [-0.2, 0) is 19.6 Å². The molecule has 0 aromatic heterocycles. The molecule has 0 saturated heterocycles. The van der Waals surface area contributed by atoms with E-state index in [2.05, 4.69) is 4.74 Å². The summed E-state index contributed by atoms with van der Waals surface area (Å²) < 4.78 is 34.8. The summed E-state index contributed by atoms with van der Waals surface area (Å²) in [4.78, 5) is 10.6. The summed E-state index contributed by atoms with van der Waals surface area (Å²) in [7, 11) is -2.80. The number of carbonyl (C=O) groups is 1. The molecule has 0 spiro atoms. The summed E-state index contributed by atoms with van der Waals surface area (Å²) in [6.45, 7) is 0. The molecule has 78 valence electrons. The van der Waals surface area contributed by atoms with Gasteiger partial charge in [0, 0.05) is 12.2 Å². The van der Waals surface area contributed by atoms with Gasteiger partial charge in [0.1, 0.15) is 0 Å². The first-order valence-electron chi connectivity index (χ1n) is 3.96. The molecule has 0 aromatic rings. The Morgan fingerprint density at radius 2 is 1.86 bits per heavy atom. The van der Waals surface area contributed by atoms with E-state index >= 15 is 0 Å². The maximum Gasteiger partial charge on any atom is 1.00 e. The van der Waals surface area contributed by atoms with Gasteiger partial charge in [0.15, 0.2) is 0 Å². The van der Waals surface area contributed by atoms with Crippen molar-refractivity contribution in [3.05, 3.63) is 0 Å². The van der Waals surface area contributed by atoms with E-state index in [9.17, 15) is 17.8 Å². The first-order valence-corrected chi connectivity index (χ1v) is 5.54. The van der Waals surface area contributed by atoms with Gasteiger partial charge in [0.2, 0.25) is 0 Å². The molecular weight excluding hydrogens is 219 g/mol. The van der Waals surface area contributed by atoms with E-state index in [1.165, 1.54) is 7.11 Å². The molecular formula is C7H13NaO5S. The minimum absolute atomic E-state index is 0. The van der Waals surface area contributed by atoms with Crippen molar-refractivity contribution in [3.63, 3.8) is 0 Å². The molecule has 0 N–H and O–H groups in total. The first-order chi connectivity index (χ1) is 5.95. The SMILES string of the molecule is COC(=O)CCCCCS(=O)(=O)[O-].[Na+]. The molecule has 0 bridgehead atoms. The molecule has 5 nitrogen and oxygen atoms in total. The molecule has 0 aromatic carbocycles. The van der Waals surface area contributed by atoms with Gasteiger partial charge < -0.3 is 9.29 Å². The zero-order valence-corrected chi connectivity index (χ0v) is 11.3. The topological polar surface area (TPSA) is 83.5 Å². The Morgan fingerprint density at radius 1 is 1.29 bits per heavy atom. The van der Waals surface area contributed by atoms with Gasteiger partial charge in [-0.15, -0.1) is 0 Å². The Kier molecular flexibility index (Phi) is 10.4. The molecule has 0 aliphatic rings. The summed E-state index contributed by atoms with van der Waals surface area (Å²) in [5.41, 5.74) is 0. The minimum Gasteiger partial charge on any atom is -0.748 e. The molecule has 14 heavy (non-hydrogen) atoms. The van der Waals surface area contributed by atoms with Crippen LogP contribution in [0.5, 0.6) is 0 Å². The van der Waals surface area contributed by atoms with E-state index < -0.39 is 10.1 Å². The van der Waals surface area contributed by atoms with Crippen molar-refractivity contribution in [1.82, 2.24) is 0 Å². The van der Waals surface area contributed by atoms with E-state index in [1.807, 2.05) is 0 Å². The number of methoxy groups -OCH3 is 1. The number of hydrogen-bond acceptors (Lipinski definition) is 5. The normalized spacial score (nSPS) is 10.4. The Bertz CT molecular complexity index is 249. The summed E-state index contributed by atoms with van der Waals surface area (Å²) >= 11 is 0. The van der Waals surface area contributed by atoms with E-state index in [0.29, 0.717) is 19.3 Å². The molecule has 0 saturated carbocycles. The van der Waals surface area contributed by atoms with Crippen molar-refractivity contribution in [2.75, 3.05) is 12.9 Å². The second kappa shape index (κ2) is 8.67. The van der Waals surface area contributed by atoms with Crippen LogP contribution in [-0.4, -0.2) is 31.8 Å². The fraction of sp³-hybridized carbons (Fsp3) is 0.857. The number of carbonyl (C=O) groups excluding carboxylic acids is 1. The monoisotopic (exact) mass is 232 g/mol. The molecule has 0 heterocycles. The fourth-order valence-corrected chi connectivity index (χ4v) is 1.38. The van der Waals surface area contributed by atoms with E-state index in [0.717, 1.165) is 0 Å². The molecule has 0 radical (unpaired) electrons. The van der Waals surface area contributed by atoms with Crippen molar-refractivity contribution in [3.8, 4) is 0 Å². The largest absolute Gasteiger partial charge is 1.00 e. The Labute approximate surface area is 106 Å². The van der Waals surface area contributed by atoms with Crippen molar-refractivity contribution in [1.29, 1.82) is 0 Å². The Balaban J connectivity index is 0. The van der Waals surface area contributed by atoms with E-state index in [1.54, 1.807) is 0 Å². The predicted octanol–water partition coefficient (Wildman–Crippen LogP) is -2.73. The van der Waals surface area contributed by atoms with Crippen molar-refractivity contribution in [2.24, 2.45) is 0 Å². The first kappa shape index (κ1) is 16.8. The zero-order valence-electron chi connectivity index (χ0n) is 8.49. The molecule has 0 fully saturated rings. The van der Waals surface area contributed by atoms with Crippen LogP contribution in [0.3, 0.4) is 0 Å². The van der Waals surface area contributed by atoms with Gasteiger partial charge in [0.25, 0.3) is 0 Å².